The minimum Gasteiger partial charge on any atom is -0.319 e. The van der Waals surface area contributed by atoms with Gasteiger partial charge in [0.15, 0.2) is 0 Å². The lowest BCUT2D eigenvalue weighted by Crippen LogP contribution is -2.28. The van der Waals surface area contributed by atoms with E-state index >= 15 is 0 Å². The van der Waals surface area contributed by atoms with Gasteiger partial charge in [0.2, 0.25) is 0 Å². The van der Waals surface area contributed by atoms with Crippen LogP contribution >= 0.6 is 11.3 Å². The van der Waals surface area contributed by atoms with Crippen molar-refractivity contribution in [3.8, 4) is 0 Å². The van der Waals surface area contributed by atoms with E-state index in [-0.39, 0.29) is 0 Å². The van der Waals surface area contributed by atoms with Crippen molar-refractivity contribution in [2.24, 2.45) is 5.92 Å². The molecule has 0 saturated heterocycles. The molecule has 0 fully saturated rings. The average molecular weight is 212 g/mol. The summed E-state index contributed by atoms with van der Waals surface area (Å²) in [6.07, 6.45) is 1.23. The summed E-state index contributed by atoms with van der Waals surface area (Å²) >= 11 is 1.82. The molecule has 0 spiro atoms. The second kappa shape index (κ2) is 6.98. The molecule has 0 aliphatic rings. The Morgan fingerprint density at radius 2 is 2.29 bits per heavy atom. The summed E-state index contributed by atoms with van der Waals surface area (Å²) in [6, 6.07) is 4.28. The van der Waals surface area contributed by atoms with E-state index in [9.17, 15) is 0 Å². The van der Waals surface area contributed by atoms with Crippen molar-refractivity contribution in [2.45, 2.75) is 19.9 Å². The lowest BCUT2D eigenvalue weighted by Gasteiger charge is -2.14. The van der Waals surface area contributed by atoms with Crippen LogP contribution in [0.25, 0.3) is 0 Å². The van der Waals surface area contributed by atoms with Gasteiger partial charge in [0.05, 0.1) is 0 Å². The van der Waals surface area contributed by atoms with Crippen LogP contribution < -0.4 is 10.6 Å². The van der Waals surface area contributed by atoms with E-state index in [1.807, 2.05) is 18.4 Å². The smallest absolute Gasteiger partial charge is 0.0299 e. The molecular formula is C11H20N2S. The maximum Gasteiger partial charge on any atom is 0.0299 e. The van der Waals surface area contributed by atoms with Gasteiger partial charge in [-0.25, -0.2) is 0 Å². The van der Waals surface area contributed by atoms with Crippen molar-refractivity contribution >= 4 is 11.3 Å². The molecule has 1 rings (SSSR count). The standard InChI is InChI=1S/C11H20N2S/c1-3-10(7-12-2)8-13-9-11-5-4-6-14-11/h4-6,10,12-13H,3,7-9H2,1-2H3. The van der Waals surface area contributed by atoms with E-state index in [1.54, 1.807) is 0 Å². The first-order chi connectivity index (χ1) is 6.86. The summed E-state index contributed by atoms with van der Waals surface area (Å²) in [5.74, 6) is 0.750. The number of nitrogens with one attached hydrogen (secondary N) is 2. The lowest BCUT2D eigenvalue weighted by molar-refractivity contribution is 0.445. The Balaban J connectivity index is 2.13. The Labute approximate surface area is 90.7 Å². The molecule has 1 heterocycles. The van der Waals surface area contributed by atoms with Gasteiger partial charge in [0, 0.05) is 11.4 Å². The monoisotopic (exact) mass is 212 g/mol. The molecule has 1 atom stereocenters. The predicted octanol–water partition coefficient (Wildman–Crippen LogP) is 2.08. The Hall–Kier alpha value is -0.380. The van der Waals surface area contributed by atoms with E-state index in [4.69, 9.17) is 0 Å². The number of hydrogen-bond donors (Lipinski definition) is 2. The summed E-state index contributed by atoms with van der Waals surface area (Å²) in [4.78, 5) is 1.42. The largest absolute Gasteiger partial charge is 0.319 e. The van der Waals surface area contributed by atoms with Crippen molar-refractivity contribution in [2.75, 3.05) is 20.1 Å². The Morgan fingerprint density at radius 3 is 2.86 bits per heavy atom. The fraction of sp³-hybridized carbons (Fsp3) is 0.636. The van der Waals surface area contributed by atoms with Crippen LogP contribution in [0.15, 0.2) is 17.5 Å². The van der Waals surface area contributed by atoms with Crippen molar-refractivity contribution in [1.82, 2.24) is 10.6 Å². The first kappa shape index (κ1) is 11.7. The van der Waals surface area contributed by atoms with Crippen molar-refractivity contribution in [3.63, 3.8) is 0 Å². The highest BCUT2D eigenvalue weighted by molar-refractivity contribution is 7.09. The maximum atomic E-state index is 3.49. The fourth-order valence-electron chi connectivity index (χ4n) is 1.46. The Bertz CT molecular complexity index is 221. The molecule has 0 radical (unpaired) electrons. The maximum absolute atomic E-state index is 3.49. The van der Waals surface area contributed by atoms with Crippen LogP contribution in [0.4, 0.5) is 0 Å². The highest BCUT2D eigenvalue weighted by Crippen LogP contribution is 2.08. The van der Waals surface area contributed by atoms with Crippen molar-refractivity contribution in [1.29, 1.82) is 0 Å². The molecule has 14 heavy (non-hydrogen) atoms. The van der Waals surface area contributed by atoms with Gasteiger partial charge < -0.3 is 10.6 Å². The van der Waals surface area contributed by atoms with Gasteiger partial charge in [-0.15, -0.1) is 11.3 Å². The molecule has 0 aromatic carbocycles. The highest BCUT2D eigenvalue weighted by Gasteiger charge is 2.03. The zero-order chi connectivity index (χ0) is 10.2. The first-order valence-electron chi connectivity index (χ1n) is 5.24. The lowest BCUT2D eigenvalue weighted by atomic mass is 10.1. The van der Waals surface area contributed by atoms with Gasteiger partial charge in [0.25, 0.3) is 0 Å². The summed E-state index contributed by atoms with van der Waals surface area (Å²) in [5, 5.41) is 8.85. The minimum absolute atomic E-state index is 0.750. The third-order valence-corrected chi connectivity index (χ3v) is 3.26. The van der Waals surface area contributed by atoms with Gasteiger partial charge >= 0.3 is 0 Å². The molecule has 2 N–H and O–H groups in total. The molecule has 0 aliphatic carbocycles. The van der Waals surface area contributed by atoms with Gasteiger partial charge in [-0.2, -0.15) is 0 Å². The average Bonchev–Trinajstić information content (AvgIpc) is 2.69. The summed E-state index contributed by atoms with van der Waals surface area (Å²) in [7, 11) is 2.02. The van der Waals surface area contributed by atoms with E-state index in [0.29, 0.717) is 0 Å². The Kier molecular flexibility index (Phi) is 5.83. The van der Waals surface area contributed by atoms with Crippen LogP contribution in [0.1, 0.15) is 18.2 Å². The van der Waals surface area contributed by atoms with E-state index in [2.05, 4.69) is 35.1 Å². The molecule has 3 heteroatoms. The molecule has 0 saturated carbocycles. The van der Waals surface area contributed by atoms with Crippen LogP contribution in [0.5, 0.6) is 0 Å². The molecule has 0 amide bonds. The topological polar surface area (TPSA) is 24.1 Å². The van der Waals surface area contributed by atoms with Gasteiger partial charge in [-0.1, -0.05) is 19.4 Å². The number of thiophene rings is 1. The first-order valence-corrected chi connectivity index (χ1v) is 6.12. The third-order valence-electron chi connectivity index (χ3n) is 2.38. The zero-order valence-electron chi connectivity index (χ0n) is 9.05. The Morgan fingerprint density at radius 1 is 1.43 bits per heavy atom. The van der Waals surface area contributed by atoms with Crippen molar-refractivity contribution < 1.29 is 0 Å². The van der Waals surface area contributed by atoms with Crippen molar-refractivity contribution in [3.05, 3.63) is 22.4 Å². The normalized spacial score (nSPS) is 13.0. The van der Waals surface area contributed by atoms with Gasteiger partial charge in [-0.05, 0) is 37.5 Å². The molecule has 1 aromatic rings. The molecule has 2 nitrogen and oxygen atoms in total. The molecule has 1 unspecified atom stereocenters. The number of hydrogen-bond acceptors (Lipinski definition) is 3. The zero-order valence-corrected chi connectivity index (χ0v) is 9.86. The summed E-state index contributed by atoms with van der Waals surface area (Å²) < 4.78 is 0. The quantitative estimate of drug-likeness (QED) is 0.723. The molecule has 0 bridgehead atoms. The highest BCUT2D eigenvalue weighted by atomic mass is 32.1. The minimum atomic E-state index is 0.750. The summed E-state index contributed by atoms with van der Waals surface area (Å²) in [6.45, 7) is 5.47. The van der Waals surface area contributed by atoms with Gasteiger partial charge in [-0.3, -0.25) is 0 Å². The van der Waals surface area contributed by atoms with Crippen LogP contribution in [0, 0.1) is 5.92 Å². The SMILES string of the molecule is CCC(CNC)CNCc1cccs1. The van der Waals surface area contributed by atoms with Crippen LogP contribution in [0.3, 0.4) is 0 Å². The molecule has 0 aliphatic heterocycles. The number of rotatable bonds is 7. The second-order valence-corrected chi connectivity index (χ2v) is 4.57. The van der Waals surface area contributed by atoms with E-state index < -0.39 is 0 Å². The molecular weight excluding hydrogens is 192 g/mol. The van der Waals surface area contributed by atoms with Gasteiger partial charge in [0.1, 0.15) is 0 Å². The van der Waals surface area contributed by atoms with Crippen LogP contribution in [0.2, 0.25) is 0 Å². The fourth-order valence-corrected chi connectivity index (χ4v) is 2.14. The predicted molar refractivity (Wildman–Crippen MR) is 63.7 cm³/mol. The molecule has 1 aromatic heterocycles. The third kappa shape index (κ3) is 4.22. The van der Waals surface area contributed by atoms with E-state index in [1.165, 1.54) is 11.3 Å². The van der Waals surface area contributed by atoms with Crippen LogP contribution in [-0.2, 0) is 6.54 Å². The molecule has 80 valence electrons. The van der Waals surface area contributed by atoms with Crippen LogP contribution in [-0.4, -0.2) is 20.1 Å². The van der Waals surface area contributed by atoms with E-state index in [0.717, 1.165) is 25.6 Å². The summed E-state index contributed by atoms with van der Waals surface area (Å²) in [5.41, 5.74) is 0. The second-order valence-electron chi connectivity index (χ2n) is 3.54.